The van der Waals surface area contributed by atoms with E-state index in [1.54, 1.807) is 0 Å². The summed E-state index contributed by atoms with van der Waals surface area (Å²) in [6.07, 6.45) is 0. The predicted octanol–water partition coefficient (Wildman–Crippen LogP) is 3.02. The number of furan rings is 1. The maximum Gasteiger partial charge on any atom is 0.176 e. The van der Waals surface area contributed by atoms with Crippen LogP contribution in [0.3, 0.4) is 0 Å². The van der Waals surface area contributed by atoms with Gasteiger partial charge in [0.1, 0.15) is 11.2 Å². The molecule has 0 atom stereocenters. The molecule has 0 unspecified atom stereocenters. The van der Waals surface area contributed by atoms with Crippen LogP contribution in [-0.4, -0.2) is 55.4 Å². The van der Waals surface area contributed by atoms with Gasteiger partial charge in [0.15, 0.2) is 5.78 Å². The van der Waals surface area contributed by atoms with Crippen molar-refractivity contribution in [2.75, 3.05) is 39.8 Å². The highest BCUT2D eigenvalue weighted by Gasteiger charge is 2.18. The lowest BCUT2D eigenvalue weighted by Gasteiger charge is -2.31. The second-order valence-corrected chi connectivity index (χ2v) is 6.31. The molecule has 0 aliphatic carbocycles. The van der Waals surface area contributed by atoms with E-state index in [2.05, 4.69) is 16.8 Å². The second kappa shape index (κ2) is 5.80. The van der Waals surface area contributed by atoms with Crippen molar-refractivity contribution in [1.29, 1.82) is 0 Å². The molecule has 4 heteroatoms. The average Bonchev–Trinajstić information content (AvgIpc) is 2.94. The number of para-hydroxylation sites is 1. The molecule has 1 aliphatic heterocycles. The van der Waals surface area contributed by atoms with Crippen molar-refractivity contribution in [3.8, 4) is 0 Å². The maximum atomic E-state index is 12.6. The molecule has 1 aromatic heterocycles. The zero-order valence-electron chi connectivity index (χ0n) is 13.3. The van der Waals surface area contributed by atoms with Crippen molar-refractivity contribution in [3.05, 3.63) is 48.0 Å². The maximum absolute atomic E-state index is 12.6. The first kappa shape index (κ1) is 14.4. The first-order valence-electron chi connectivity index (χ1n) is 8.06. The monoisotopic (exact) mass is 308 g/mol. The van der Waals surface area contributed by atoms with Crippen molar-refractivity contribution in [2.45, 2.75) is 0 Å². The smallest absolute Gasteiger partial charge is 0.176 e. The Balaban J connectivity index is 1.60. The van der Waals surface area contributed by atoms with Gasteiger partial charge < -0.3 is 9.32 Å². The molecule has 1 saturated heterocycles. The molecule has 1 aliphatic rings. The van der Waals surface area contributed by atoms with E-state index < -0.39 is 0 Å². The van der Waals surface area contributed by atoms with Gasteiger partial charge in [0.05, 0.1) is 6.54 Å². The number of carbonyl (C=O) groups is 1. The van der Waals surface area contributed by atoms with Crippen molar-refractivity contribution in [3.63, 3.8) is 0 Å². The summed E-state index contributed by atoms with van der Waals surface area (Å²) in [4.78, 5) is 17.1. The van der Waals surface area contributed by atoms with Gasteiger partial charge >= 0.3 is 0 Å². The fourth-order valence-corrected chi connectivity index (χ4v) is 3.20. The number of hydrogen-bond acceptors (Lipinski definition) is 4. The summed E-state index contributed by atoms with van der Waals surface area (Å²) in [6, 6.07) is 13.7. The van der Waals surface area contributed by atoms with Crippen molar-refractivity contribution in [1.82, 2.24) is 9.80 Å². The summed E-state index contributed by atoms with van der Waals surface area (Å²) < 4.78 is 5.82. The quantitative estimate of drug-likeness (QED) is 0.697. The van der Waals surface area contributed by atoms with Crippen LogP contribution in [0.25, 0.3) is 21.9 Å². The van der Waals surface area contributed by atoms with Crippen molar-refractivity contribution < 1.29 is 9.21 Å². The standard InChI is InChI=1S/C19H20N2O2/c1-20-8-10-21(11-9-20)13-17(22)14-6-7-19-16(12-14)15-4-2-3-5-18(15)23-19/h2-7,12H,8-11,13H2,1H3. The number of carbonyl (C=O) groups excluding carboxylic acids is 1. The number of fused-ring (bicyclic) bond motifs is 3. The number of piperazine rings is 1. The van der Waals surface area contributed by atoms with Crippen molar-refractivity contribution >= 4 is 27.7 Å². The van der Waals surface area contributed by atoms with E-state index in [0.717, 1.165) is 53.7 Å². The van der Waals surface area contributed by atoms with E-state index in [9.17, 15) is 4.79 Å². The Morgan fingerprint density at radius 1 is 1.00 bits per heavy atom. The highest BCUT2D eigenvalue weighted by atomic mass is 16.3. The number of Topliss-reactive ketones (excluding diaryl/α,β-unsaturated/α-hetero) is 1. The molecule has 4 rings (SSSR count). The van der Waals surface area contributed by atoms with Crippen LogP contribution in [-0.2, 0) is 0 Å². The minimum atomic E-state index is 0.182. The molecule has 0 radical (unpaired) electrons. The third-order valence-electron chi connectivity index (χ3n) is 4.66. The van der Waals surface area contributed by atoms with Crippen LogP contribution < -0.4 is 0 Å². The molecule has 2 aromatic carbocycles. The van der Waals surface area contributed by atoms with Gasteiger partial charge in [0.2, 0.25) is 0 Å². The third kappa shape index (κ3) is 2.76. The minimum Gasteiger partial charge on any atom is -0.456 e. The van der Waals surface area contributed by atoms with Crippen LogP contribution in [0.2, 0.25) is 0 Å². The Labute approximate surface area is 135 Å². The van der Waals surface area contributed by atoms with E-state index in [-0.39, 0.29) is 5.78 Å². The van der Waals surface area contributed by atoms with Gasteiger partial charge in [-0.1, -0.05) is 18.2 Å². The average molecular weight is 308 g/mol. The lowest BCUT2D eigenvalue weighted by Crippen LogP contribution is -2.46. The lowest BCUT2D eigenvalue weighted by atomic mass is 10.1. The summed E-state index contributed by atoms with van der Waals surface area (Å²) in [5.41, 5.74) is 2.47. The summed E-state index contributed by atoms with van der Waals surface area (Å²) >= 11 is 0. The molecule has 23 heavy (non-hydrogen) atoms. The van der Waals surface area contributed by atoms with Crippen LogP contribution in [0.1, 0.15) is 10.4 Å². The predicted molar refractivity (Wildman–Crippen MR) is 92.0 cm³/mol. The van der Waals surface area contributed by atoms with Crippen molar-refractivity contribution in [2.24, 2.45) is 0 Å². The summed E-state index contributed by atoms with van der Waals surface area (Å²) in [7, 11) is 2.12. The number of nitrogens with zero attached hydrogens (tertiary/aromatic N) is 2. The Morgan fingerprint density at radius 3 is 2.57 bits per heavy atom. The molecule has 0 saturated carbocycles. The van der Waals surface area contributed by atoms with Crippen LogP contribution >= 0.6 is 0 Å². The van der Waals surface area contributed by atoms with E-state index in [1.807, 2.05) is 42.5 Å². The zero-order chi connectivity index (χ0) is 15.8. The van der Waals surface area contributed by atoms with Crippen LogP contribution in [0, 0.1) is 0 Å². The SMILES string of the molecule is CN1CCN(CC(=O)c2ccc3oc4ccccc4c3c2)CC1. The molecule has 0 bridgehead atoms. The third-order valence-corrected chi connectivity index (χ3v) is 4.66. The molecular weight excluding hydrogens is 288 g/mol. The highest BCUT2D eigenvalue weighted by molar-refractivity contribution is 6.08. The Morgan fingerprint density at radius 2 is 1.74 bits per heavy atom. The number of benzene rings is 2. The van der Waals surface area contributed by atoms with Gasteiger partial charge in [0.25, 0.3) is 0 Å². The molecule has 0 N–H and O–H groups in total. The first-order chi connectivity index (χ1) is 11.2. The van der Waals surface area contributed by atoms with E-state index in [4.69, 9.17) is 4.42 Å². The number of ketones is 1. The summed E-state index contributed by atoms with van der Waals surface area (Å²) in [5.74, 6) is 0.182. The van der Waals surface area contributed by atoms with Crippen LogP contribution in [0.4, 0.5) is 0 Å². The molecule has 1 fully saturated rings. The molecule has 0 spiro atoms. The van der Waals surface area contributed by atoms with E-state index in [1.165, 1.54) is 0 Å². The number of likely N-dealkylation sites (N-methyl/N-ethyl adjacent to an activating group) is 1. The minimum absolute atomic E-state index is 0.182. The summed E-state index contributed by atoms with van der Waals surface area (Å²) in [6.45, 7) is 4.46. The normalized spacial score (nSPS) is 17.1. The zero-order valence-corrected chi connectivity index (χ0v) is 13.3. The highest BCUT2D eigenvalue weighted by Crippen LogP contribution is 2.29. The number of rotatable bonds is 3. The molecule has 118 valence electrons. The molecular formula is C19H20N2O2. The largest absolute Gasteiger partial charge is 0.456 e. The van der Waals surface area contributed by atoms with Crippen LogP contribution in [0.5, 0.6) is 0 Å². The Hall–Kier alpha value is -2.17. The Bertz CT molecular complexity index is 860. The van der Waals surface area contributed by atoms with Gasteiger partial charge in [-0.3, -0.25) is 9.69 Å². The molecule has 0 amide bonds. The lowest BCUT2D eigenvalue weighted by molar-refractivity contribution is 0.0876. The molecule has 2 heterocycles. The molecule has 4 nitrogen and oxygen atoms in total. The summed E-state index contributed by atoms with van der Waals surface area (Å²) in [5, 5.41) is 2.08. The first-order valence-corrected chi connectivity index (χ1v) is 8.06. The fraction of sp³-hybridized carbons (Fsp3) is 0.316. The number of hydrogen-bond donors (Lipinski definition) is 0. The molecule has 3 aromatic rings. The second-order valence-electron chi connectivity index (χ2n) is 6.31. The Kier molecular flexibility index (Phi) is 3.63. The van der Waals surface area contributed by atoms with Gasteiger partial charge in [0, 0.05) is 42.5 Å². The van der Waals surface area contributed by atoms with E-state index in [0.29, 0.717) is 6.54 Å². The van der Waals surface area contributed by atoms with Gasteiger partial charge in [-0.2, -0.15) is 0 Å². The van der Waals surface area contributed by atoms with Gasteiger partial charge in [-0.05, 0) is 31.3 Å². The van der Waals surface area contributed by atoms with Crippen LogP contribution in [0.15, 0.2) is 46.9 Å². The van der Waals surface area contributed by atoms with Gasteiger partial charge in [-0.25, -0.2) is 0 Å². The fourth-order valence-electron chi connectivity index (χ4n) is 3.20. The van der Waals surface area contributed by atoms with E-state index >= 15 is 0 Å². The van der Waals surface area contributed by atoms with Gasteiger partial charge in [-0.15, -0.1) is 0 Å². The topological polar surface area (TPSA) is 36.7 Å².